The molecule has 12 N–H and O–H groups in total. The minimum atomic E-state index is -1.66. The number of hydrogen-bond donors (Lipinski definition) is 9. The molecule has 0 saturated heterocycles. The van der Waals surface area contributed by atoms with Crippen molar-refractivity contribution >= 4 is 35.6 Å². The number of carbonyl (C=O) groups is 5. The van der Waals surface area contributed by atoms with Crippen molar-refractivity contribution in [2.75, 3.05) is 6.54 Å². The highest BCUT2D eigenvalue weighted by molar-refractivity contribution is 5.95. The second-order valence-electron chi connectivity index (χ2n) is 9.68. The number of rotatable bonds is 17. The second-order valence-corrected chi connectivity index (χ2v) is 9.68. The Kier molecular flexibility index (Phi) is 13.9. The first kappa shape index (κ1) is 33.6. The number of carboxylic acid groups (broad SMARTS) is 2. The van der Waals surface area contributed by atoms with E-state index in [1.54, 1.807) is 0 Å². The van der Waals surface area contributed by atoms with E-state index in [2.05, 4.69) is 20.9 Å². The Bertz CT molecular complexity index is 1060. The van der Waals surface area contributed by atoms with E-state index in [1.165, 1.54) is 24.3 Å². The Balaban J connectivity index is 3.10. The Labute approximate surface area is 231 Å². The maximum absolute atomic E-state index is 13.2. The lowest BCUT2D eigenvalue weighted by Gasteiger charge is -2.25. The molecule has 0 aliphatic carbocycles. The van der Waals surface area contributed by atoms with E-state index in [0.717, 1.165) is 0 Å². The number of carbonyl (C=O) groups excluding carboxylic acids is 3. The third-order valence-electron chi connectivity index (χ3n) is 5.64. The first-order chi connectivity index (χ1) is 18.7. The molecule has 3 amide bonds. The van der Waals surface area contributed by atoms with E-state index in [1.807, 2.05) is 13.8 Å². The normalized spacial score (nSPS) is 13.8. The Hall–Kier alpha value is -4.40. The topological polar surface area (TPSA) is 273 Å². The van der Waals surface area contributed by atoms with Crippen LogP contribution in [-0.2, 0) is 30.4 Å². The van der Waals surface area contributed by atoms with Crippen molar-refractivity contribution in [2.45, 2.75) is 70.1 Å². The minimum absolute atomic E-state index is 0.0165. The van der Waals surface area contributed by atoms with Crippen LogP contribution >= 0.6 is 0 Å². The summed E-state index contributed by atoms with van der Waals surface area (Å²) < 4.78 is 0. The van der Waals surface area contributed by atoms with Crippen molar-refractivity contribution in [1.29, 1.82) is 0 Å². The second kappa shape index (κ2) is 16.5. The van der Waals surface area contributed by atoms with Crippen molar-refractivity contribution < 1.29 is 39.3 Å². The Morgan fingerprint density at radius 2 is 1.43 bits per heavy atom. The number of nitrogens with zero attached hydrogens (tertiary/aromatic N) is 1. The molecule has 0 bridgehead atoms. The van der Waals surface area contributed by atoms with E-state index in [-0.39, 0.29) is 43.4 Å². The van der Waals surface area contributed by atoms with Crippen LogP contribution in [0.4, 0.5) is 0 Å². The zero-order valence-corrected chi connectivity index (χ0v) is 22.5. The van der Waals surface area contributed by atoms with Gasteiger partial charge in [0.15, 0.2) is 5.96 Å². The summed E-state index contributed by atoms with van der Waals surface area (Å²) in [6, 6.07) is 0.559. The standard InChI is InChI=1S/C25H39N7O8/c1-13(2)10-16(26)21(36)31-18(11-14-5-7-15(33)8-6-14)22(37)32-19(12-20(34)35)23(38)30-17(24(39)40)4-3-9-29-25(27)28/h5-8,13,16-19,33H,3-4,9-12,26H2,1-2H3,(H,30,38)(H,31,36)(H,32,37)(H,34,35)(H,39,40)(H4,27,28,29). The van der Waals surface area contributed by atoms with Gasteiger partial charge < -0.3 is 48.5 Å². The zero-order valence-electron chi connectivity index (χ0n) is 22.5. The van der Waals surface area contributed by atoms with E-state index in [4.69, 9.17) is 17.2 Å². The molecule has 0 aliphatic heterocycles. The molecule has 0 fully saturated rings. The van der Waals surface area contributed by atoms with Crippen LogP contribution < -0.4 is 33.2 Å². The Morgan fingerprint density at radius 1 is 0.875 bits per heavy atom. The number of nitrogens with two attached hydrogens (primary N) is 3. The number of guanidine groups is 1. The molecule has 15 nitrogen and oxygen atoms in total. The van der Waals surface area contributed by atoms with Crippen molar-refractivity contribution in [3.8, 4) is 5.75 Å². The fourth-order valence-corrected chi connectivity index (χ4v) is 3.66. The highest BCUT2D eigenvalue weighted by Gasteiger charge is 2.31. The molecule has 0 radical (unpaired) electrons. The van der Waals surface area contributed by atoms with Gasteiger partial charge in [-0.05, 0) is 42.9 Å². The van der Waals surface area contributed by atoms with Crippen LogP contribution in [0.5, 0.6) is 5.75 Å². The summed E-state index contributed by atoms with van der Waals surface area (Å²) in [4.78, 5) is 65.7. The molecule has 4 unspecified atom stereocenters. The summed E-state index contributed by atoms with van der Waals surface area (Å²) in [5.74, 6) is -5.48. The lowest BCUT2D eigenvalue weighted by Crippen LogP contribution is -2.58. The summed E-state index contributed by atoms with van der Waals surface area (Å²) >= 11 is 0. The monoisotopic (exact) mass is 565 g/mol. The van der Waals surface area contributed by atoms with Gasteiger partial charge in [0.1, 0.15) is 23.9 Å². The van der Waals surface area contributed by atoms with Crippen LogP contribution in [0.15, 0.2) is 29.3 Å². The smallest absolute Gasteiger partial charge is 0.326 e. The molecule has 40 heavy (non-hydrogen) atoms. The minimum Gasteiger partial charge on any atom is -0.508 e. The maximum atomic E-state index is 13.2. The molecule has 0 saturated carbocycles. The highest BCUT2D eigenvalue weighted by Crippen LogP contribution is 2.12. The number of phenolic OH excluding ortho intramolecular Hbond substituents is 1. The molecular formula is C25H39N7O8. The molecule has 0 heterocycles. The summed E-state index contributed by atoms with van der Waals surface area (Å²) in [5, 5.41) is 35.4. The number of hydrogen-bond acceptors (Lipinski definition) is 8. The quantitative estimate of drug-likeness (QED) is 0.0587. The predicted molar refractivity (Wildman–Crippen MR) is 145 cm³/mol. The van der Waals surface area contributed by atoms with Gasteiger partial charge in [-0.1, -0.05) is 26.0 Å². The lowest BCUT2D eigenvalue weighted by molar-refractivity contribution is -0.143. The van der Waals surface area contributed by atoms with Gasteiger partial charge in [0.2, 0.25) is 17.7 Å². The first-order valence-electron chi connectivity index (χ1n) is 12.6. The molecule has 15 heteroatoms. The van der Waals surface area contributed by atoms with Crippen molar-refractivity contribution in [2.24, 2.45) is 28.1 Å². The molecule has 222 valence electrons. The SMILES string of the molecule is CC(C)CC(N)C(=O)NC(Cc1ccc(O)cc1)C(=O)NC(CC(=O)O)C(=O)NC(CCCN=C(N)N)C(=O)O. The van der Waals surface area contributed by atoms with Crippen molar-refractivity contribution in [1.82, 2.24) is 16.0 Å². The largest absolute Gasteiger partial charge is 0.508 e. The maximum Gasteiger partial charge on any atom is 0.326 e. The average Bonchev–Trinajstić information content (AvgIpc) is 2.85. The van der Waals surface area contributed by atoms with Gasteiger partial charge in [-0.2, -0.15) is 0 Å². The molecule has 0 aromatic heterocycles. The average molecular weight is 566 g/mol. The molecular weight excluding hydrogens is 526 g/mol. The first-order valence-corrected chi connectivity index (χ1v) is 12.6. The zero-order chi connectivity index (χ0) is 30.4. The summed E-state index contributed by atoms with van der Waals surface area (Å²) in [5.41, 5.74) is 17.0. The molecule has 0 aliphatic rings. The van der Waals surface area contributed by atoms with Crippen LogP contribution in [0, 0.1) is 5.92 Å². The van der Waals surface area contributed by atoms with E-state index < -0.39 is 60.2 Å². The fraction of sp³-hybridized carbons (Fsp3) is 0.520. The van der Waals surface area contributed by atoms with Gasteiger partial charge in [0, 0.05) is 13.0 Å². The van der Waals surface area contributed by atoms with Gasteiger partial charge in [-0.15, -0.1) is 0 Å². The molecule has 4 atom stereocenters. The number of carboxylic acids is 2. The number of benzene rings is 1. The summed E-state index contributed by atoms with van der Waals surface area (Å²) in [6.07, 6.45) is -0.467. The third-order valence-corrected chi connectivity index (χ3v) is 5.64. The van der Waals surface area contributed by atoms with E-state index >= 15 is 0 Å². The van der Waals surface area contributed by atoms with Crippen LogP contribution in [0.2, 0.25) is 0 Å². The fourth-order valence-electron chi connectivity index (χ4n) is 3.66. The molecule has 0 spiro atoms. The Morgan fingerprint density at radius 3 is 1.95 bits per heavy atom. The number of aliphatic imine (C=N–C) groups is 1. The van der Waals surface area contributed by atoms with Crippen molar-refractivity contribution in [3.63, 3.8) is 0 Å². The molecule has 1 aromatic rings. The summed E-state index contributed by atoms with van der Waals surface area (Å²) in [6.45, 7) is 3.84. The molecule has 1 rings (SSSR count). The number of amides is 3. The van der Waals surface area contributed by atoms with Gasteiger partial charge >= 0.3 is 11.9 Å². The van der Waals surface area contributed by atoms with E-state index in [9.17, 15) is 39.3 Å². The summed E-state index contributed by atoms with van der Waals surface area (Å²) in [7, 11) is 0. The van der Waals surface area contributed by atoms with Crippen molar-refractivity contribution in [3.05, 3.63) is 29.8 Å². The number of nitrogens with one attached hydrogen (secondary N) is 3. The predicted octanol–water partition coefficient (Wildman–Crippen LogP) is -1.62. The number of aromatic hydroxyl groups is 1. The van der Waals surface area contributed by atoms with E-state index in [0.29, 0.717) is 12.0 Å². The van der Waals surface area contributed by atoms with Crippen LogP contribution in [0.1, 0.15) is 45.1 Å². The highest BCUT2D eigenvalue weighted by atomic mass is 16.4. The van der Waals surface area contributed by atoms with Crippen LogP contribution in [-0.4, -0.2) is 81.7 Å². The van der Waals surface area contributed by atoms with Crippen LogP contribution in [0.3, 0.4) is 0 Å². The lowest BCUT2D eigenvalue weighted by atomic mass is 10.0. The van der Waals surface area contributed by atoms with Crippen LogP contribution in [0.25, 0.3) is 0 Å². The molecule has 1 aromatic carbocycles. The van der Waals surface area contributed by atoms with Gasteiger partial charge in [-0.3, -0.25) is 24.2 Å². The number of aliphatic carboxylic acids is 2. The third kappa shape index (κ3) is 12.9. The van der Waals surface area contributed by atoms with Gasteiger partial charge in [0.05, 0.1) is 12.5 Å². The van der Waals surface area contributed by atoms with Gasteiger partial charge in [0.25, 0.3) is 0 Å². The number of phenols is 1. The van der Waals surface area contributed by atoms with Gasteiger partial charge in [-0.25, -0.2) is 4.79 Å².